The number of allylic oxidation sites excluding steroid dienone is 2. The minimum atomic E-state index is -1.66. The summed E-state index contributed by atoms with van der Waals surface area (Å²) in [7, 11) is 0. The van der Waals surface area contributed by atoms with Crippen LogP contribution in [0.5, 0.6) is 0 Å². The van der Waals surface area contributed by atoms with E-state index in [-0.39, 0.29) is 6.42 Å². The van der Waals surface area contributed by atoms with E-state index in [2.05, 4.69) is 31.3 Å². The highest BCUT2D eigenvalue weighted by Crippen LogP contribution is 2.23. The summed E-state index contributed by atoms with van der Waals surface area (Å²) in [6, 6.07) is -1.17. The molecule has 278 valence electrons. The lowest BCUT2D eigenvalue weighted by molar-refractivity contribution is -0.303. The topological polar surface area (TPSA) is 189 Å². The van der Waals surface area contributed by atoms with Crippen molar-refractivity contribution < 1.29 is 50.0 Å². The minimum Gasteiger partial charge on any atom is -0.394 e. The van der Waals surface area contributed by atoms with Gasteiger partial charge in [-0.1, -0.05) is 122 Å². The van der Waals surface area contributed by atoms with Crippen molar-refractivity contribution in [3.8, 4) is 0 Å². The molecule has 1 fully saturated rings. The summed E-state index contributed by atoms with van der Waals surface area (Å²) in [5.41, 5.74) is 0. The predicted molar refractivity (Wildman–Crippen MR) is 182 cm³/mol. The monoisotopic (exact) mass is 675 g/mol. The molecule has 1 saturated heterocycles. The number of ether oxygens (including phenoxy) is 2. The number of unbranched alkanes of at least 4 members (excludes halogenated alkanes) is 15. The Labute approximate surface area is 283 Å². The van der Waals surface area contributed by atoms with Crippen LogP contribution in [0.3, 0.4) is 0 Å². The molecule has 0 aromatic heterocycles. The molecule has 0 aromatic rings. The fraction of sp³-hybridized carbons (Fsp3) is 0.917. The zero-order valence-electron chi connectivity index (χ0n) is 29.3. The molecule has 1 rings (SSSR count). The van der Waals surface area contributed by atoms with Crippen LogP contribution in [0.15, 0.2) is 12.2 Å². The van der Waals surface area contributed by atoms with E-state index in [0.717, 1.165) is 44.9 Å². The molecule has 0 bridgehead atoms. The Morgan fingerprint density at radius 1 is 0.723 bits per heavy atom. The lowest BCUT2D eigenvalue weighted by Crippen LogP contribution is -2.60. The Kier molecular flexibility index (Phi) is 25.8. The van der Waals surface area contributed by atoms with Crippen LogP contribution in [0, 0.1) is 0 Å². The molecular formula is C36H69NO10. The molecule has 0 spiro atoms. The normalized spacial score (nSPS) is 24.3. The Balaban J connectivity index is 2.62. The van der Waals surface area contributed by atoms with Gasteiger partial charge in [-0.25, -0.2) is 0 Å². The van der Waals surface area contributed by atoms with Crippen LogP contribution in [-0.2, 0) is 14.3 Å². The molecule has 1 aliphatic heterocycles. The second-order valence-electron chi connectivity index (χ2n) is 13.3. The summed E-state index contributed by atoms with van der Waals surface area (Å²) in [5, 5.41) is 74.9. The van der Waals surface area contributed by atoms with Crippen LogP contribution in [-0.4, -0.2) is 110 Å². The first-order valence-electron chi connectivity index (χ1n) is 18.6. The molecule has 47 heavy (non-hydrogen) atoms. The SMILES string of the molecule is CCCC/C=C\CCCCCC(O)C(=O)NC(COC1OC(CO)C(O)C(O)C1O)C(O)C(O)CCCCCCCCCCCCC. The standard InChI is InChI=1S/C36H69NO10/c1-3-5-7-9-11-13-14-16-17-19-21-23-28(39)31(41)27(26-46-36-34(44)33(43)32(42)30(25-38)47-36)37-35(45)29(40)24-22-20-18-15-12-10-8-6-4-2/h10,12,27-34,36,38-44H,3-9,11,13-26H2,1-2H3,(H,37,45)/b12-10-. The fourth-order valence-electron chi connectivity index (χ4n) is 5.83. The molecule has 0 saturated carbocycles. The van der Waals surface area contributed by atoms with Gasteiger partial charge in [-0.2, -0.15) is 0 Å². The quantitative estimate of drug-likeness (QED) is 0.0428. The molecule has 11 heteroatoms. The molecule has 9 unspecified atom stereocenters. The van der Waals surface area contributed by atoms with Gasteiger partial charge in [-0.05, 0) is 32.1 Å². The highest BCUT2D eigenvalue weighted by molar-refractivity contribution is 5.80. The van der Waals surface area contributed by atoms with Crippen molar-refractivity contribution in [3.05, 3.63) is 12.2 Å². The molecule has 9 atom stereocenters. The second kappa shape index (κ2) is 27.6. The van der Waals surface area contributed by atoms with Crippen molar-refractivity contribution in [2.75, 3.05) is 13.2 Å². The summed E-state index contributed by atoms with van der Waals surface area (Å²) in [5.74, 6) is -0.715. The van der Waals surface area contributed by atoms with Crippen LogP contribution in [0.4, 0.5) is 0 Å². The lowest BCUT2D eigenvalue weighted by Gasteiger charge is -2.40. The molecule has 1 aliphatic rings. The van der Waals surface area contributed by atoms with E-state index in [1.807, 2.05) is 0 Å². The minimum absolute atomic E-state index is 0.239. The highest BCUT2D eigenvalue weighted by atomic mass is 16.7. The molecular weight excluding hydrogens is 606 g/mol. The number of carbonyl (C=O) groups is 1. The molecule has 8 N–H and O–H groups in total. The number of hydrogen-bond donors (Lipinski definition) is 8. The van der Waals surface area contributed by atoms with Crippen molar-refractivity contribution in [1.82, 2.24) is 5.32 Å². The lowest BCUT2D eigenvalue weighted by atomic mass is 9.98. The van der Waals surface area contributed by atoms with E-state index in [4.69, 9.17) is 9.47 Å². The first kappa shape index (κ1) is 43.9. The number of nitrogens with one attached hydrogen (secondary N) is 1. The van der Waals surface area contributed by atoms with Crippen LogP contribution < -0.4 is 5.32 Å². The average Bonchev–Trinajstić information content (AvgIpc) is 3.07. The van der Waals surface area contributed by atoms with E-state index in [9.17, 15) is 40.5 Å². The predicted octanol–water partition coefficient (Wildman–Crippen LogP) is 3.77. The third kappa shape index (κ3) is 19.0. The molecule has 0 aromatic carbocycles. The van der Waals surface area contributed by atoms with Crippen LogP contribution in [0.2, 0.25) is 0 Å². The summed E-state index contributed by atoms with van der Waals surface area (Å²) in [4.78, 5) is 12.9. The van der Waals surface area contributed by atoms with Gasteiger partial charge in [-0.3, -0.25) is 4.79 Å². The van der Waals surface area contributed by atoms with Crippen molar-refractivity contribution in [3.63, 3.8) is 0 Å². The maximum absolute atomic E-state index is 12.9. The van der Waals surface area contributed by atoms with Crippen LogP contribution in [0.1, 0.15) is 142 Å². The smallest absolute Gasteiger partial charge is 0.249 e. The zero-order valence-corrected chi connectivity index (χ0v) is 29.3. The van der Waals surface area contributed by atoms with Crippen LogP contribution in [0.25, 0.3) is 0 Å². The maximum Gasteiger partial charge on any atom is 0.249 e. The van der Waals surface area contributed by atoms with Gasteiger partial charge < -0.3 is 50.5 Å². The Morgan fingerprint density at radius 2 is 1.26 bits per heavy atom. The van der Waals surface area contributed by atoms with Crippen molar-refractivity contribution in [1.29, 1.82) is 0 Å². The third-order valence-electron chi connectivity index (χ3n) is 9.07. The van der Waals surface area contributed by atoms with Crippen molar-refractivity contribution >= 4 is 5.91 Å². The number of aliphatic hydroxyl groups excluding tert-OH is 7. The first-order chi connectivity index (χ1) is 22.7. The highest BCUT2D eigenvalue weighted by Gasteiger charge is 2.44. The van der Waals surface area contributed by atoms with Gasteiger partial charge in [0.1, 0.15) is 36.6 Å². The Hall–Kier alpha value is -1.15. The molecule has 1 amide bonds. The van der Waals surface area contributed by atoms with Gasteiger partial charge >= 0.3 is 0 Å². The number of aliphatic hydroxyl groups is 7. The van der Waals surface area contributed by atoms with Gasteiger partial charge in [0.2, 0.25) is 5.91 Å². The number of carbonyl (C=O) groups excluding carboxylic acids is 1. The average molecular weight is 676 g/mol. The second-order valence-corrected chi connectivity index (χ2v) is 13.3. The van der Waals surface area contributed by atoms with E-state index < -0.39 is 74.2 Å². The van der Waals surface area contributed by atoms with Gasteiger partial charge in [0, 0.05) is 0 Å². The van der Waals surface area contributed by atoms with E-state index >= 15 is 0 Å². The fourth-order valence-corrected chi connectivity index (χ4v) is 5.83. The number of hydrogen-bond acceptors (Lipinski definition) is 10. The van der Waals surface area contributed by atoms with Crippen molar-refractivity contribution in [2.24, 2.45) is 0 Å². The first-order valence-corrected chi connectivity index (χ1v) is 18.6. The summed E-state index contributed by atoms with van der Waals surface area (Å²) in [6.07, 6.45) is 12.9. The van der Waals surface area contributed by atoms with Gasteiger partial charge in [0.05, 0.1) is 25.4 Å². The van der Waals surface area contributed by atoms with Gasteiger partial charge in [0.25, 0.3) is 0 Å². The van der Waals surface area contributed by atoms with Gasteiger partial charge in [0.15, 0.2) is 6.29 Å². The summed E-state index contributed by atoms with van der Waals surface area (Å²) in [6.45, 7) is 3.31. The molecule has 1 heterocycles. The number of amides is 1. The molecule has 0 radical (unpaired) electrons. The maximum atomic E-state index is 12.9. The Bertz CT molecular complexity index is 785. The largest absolute Gasteiger partial charge is 0.394 e. The van der Waals surface area contributed by atoms with E-state index in [0.29, 0.717) is 19.3 Å². The summed E-state index contributed by atoms with van der Waals surface area (Å²) >= 11 is 0. The molecule has 0 aliphatic carbocycles. The third-order valence-corrected chi connectivity index (χ3v) is 9.07. The van der Waals surface area contributed by atoms with Crippen LogP contribution >= 0.6 is 0 Å². The Morgan fingerprint density at radius 3 is 1.85 bits per heavy atom. The molecule has 11 nitrogen and oxygen atoms in total. The van der Waals surface area contributed by atoms with Crippen molar-refractivity contribution in [2.45, 2.75) is 197 Å². The van der Waals surface area contributed by atoms with Gasteiger partial charge in [-0.15, -0.1) is 0 Å². The zero-order chi connectivity index (χ0) is 34.9. The number of rotatable bonds is 29. The van der Waals surface area contributed by atoms with E-state index in [1.165, 1.54) is 57.8 Å². The van der Waals surface area contributed by atoms with E-state index in [1.54, 1.807) is 0 Å². The summed E-state index contributed by atoms with van der Waals surface area (Å²) < 4.78 is 11.0.